The van der Waals surface area contributed by atoms with Crippen LogP contribution in [0.15, 0.2) is 60.8 Å². The summed E-state index contributed by atoms with van der Waals surface area (Å²) in [4.78, 5) is 35.2. The van der Waals surface area contributed by atoms with Gasteiger partial charge in [0.1, 0.15) is 17.2 Å². The highest BCUT2D eigenvalue weighted by molar-refractivity contribution is 5.94. The molecule has 156 valence electrons. The van der Waals surface area contributed by atoms with Crippen LogP contribution in [0, 0.1) is 0 Å². The lowest BCUT2D eigenvalue weighted by Gasteiger charge is -2.06. The lowest BCUT2D eigenvalue weighted by atomic mass is 10.2. The number of aromatic amines is 1. The minimum absolute atomic E-state index is 0.0372. The standard InChI is InChI=1S/C23H20N4O4/c1-3-21(28)20-13-17(10-11-24-20)31-16-8-9-18-19(12-16)27-23(26-18)25-15-6-4-14(5-7-15)22(29)30-2/h4-13H,3H2,1-2H3,(H2,25,26,27). The molecule has 0 aliphatic heterocycles. The molecule has 0 aliphatic rings. The second kappa shape index (κ2) is 8.66. The zero-order valence-corrected chi connectivity index (χ0v) is 17.0. The highest BCUT2D eigenvalue weighted by atomic mass is 16.5. The van der Waals surface area contributed by atoms with E-state index in [-0.39, 0.29) is 11.8 Å². The topological polar surface area (TPSA) is 106 Å². The number of Topliss-reactive ketones (excluding diaryl/α,β-unsaturated/α-hetero) is 1. The third kappa shape index (κ3) is 4.53. The minimum atomic E-state index is -0.386. The molecule has 4 rings (SSSR count). The number of esters is 1. The third-order valence-electron chi connectivity index (χ3n) is 4.60. The molecule has 2 N–H and O–H groups in total. The maximum absolute atomic E-state index is 11.9. The van der Waals surface area contributed by atoms with Crippen molar-refractivity contribution in [3.63, 3.8) is 0 Å². The lowest BCUT2D eigenvalue weighted by Crippen LogP contribution is -2.01. The Morgan fingerprint density at radius 3 is 2.55 bits per heavy atom. The Bertz CT molecular complexity index is 1250. The first kappa shape index (κ1) is 20.1. The number of ketones is 1. The first-order valence-corrected chi connectivity index (χ1v) is 9.68. The second-order valence-electron chi connectivity index (χ2n) is 6.71. The summed E-state index contributed by atoms with van der Waals surface area (Å²) in [5.41, 5.74) is 3.17. The first-order chi connectivity index (χ1) is 15.1. The molecule has 0 atom stereocenters. The van der Waals surface area contributed by atoms with Crippen molar-refractivity contribution in [1.29, 1.82) is 0 Å². The van der Waals surface area contributed by atoms with Gasteiger partial charge in [-0.3, -0.25) is 9.78 Å². The van der Waals surface area contributed by atoms with Crippen molar-refractivity contribution in [3.8, 4) is 11.5 Å². The van der Waals surface area contributed by atoms with Gasteiger partial charge < -0.3 is 19.8 Å². The van der Waals surface area contributed by atoms with Crippen LogP contribution in [0.25, 0.3) is 11.0 Å². The molecule has 2 aromatic heterocycles. The molecule has 0 radical (unpaired) electrons. The predicted octanol–water partition coefficient (Wildman–Crippen LogP) is 4.87. The van der Waals surface area contributed by atoms with Crippen molar-refractivity contribution in [3.05, 3.63) is 72.1 Å². The molecule has 8 heteroatoms. The van der Waals surface area contributed by atoms with Crippen LogP contribution >= 0.6 is 0 Å². The van der Waals surface area contributed by atoms with Gasteiger partial charge in [-0.2, -0.15) is 0 Å². The summed E-state index contributed by atoms with van der Waals surface area (Å²) in [7, 11) is 1.35. The Morgan fingerprint density at radius 2 is 1.81 bits per heavy atom. The first-order valence-electron chi connectivity index (χ1n) is 9.68. The number of carbonyl (C=O) groups excluding carboxylic acids is 2. The summed E-state index contributed by atoms with van der Waals surface area (Å²) in [6, 6.07) is 15.7. The molecule has 8 nitrogen and oxygen atoms in total. The average Bonchev–Trinajstić information content (AvgIpc) is 3.20. The Labute approximate surface area is 178 Å². The van der Waals surface area contributed by atoms with Gasteiger partial charge in [0.2, 0.25) is 5.95 Å². The Morgan fingerprint density at radius 1 is 1.03 bits per heavy atom. The number of rotatable bonds is 7. The molecule has 0 aliphatic carbocycles. The van der Waals surface area contributed by atoms with Gasteiger partial charge in [-0.25, -0.2) is 9.78 Å². The van der Waals surface area contributed by atoms with Crippen LogP contribution in [-0.2, 0) is 4.74 Å². The summed E-state index contributed by atoms with van der Waals surface area (Å²) < 4.78 is 10.6. The number of hydrogen-bond acceptors (Lipinski definition) is 7. The summed E-state index contributed by atoms with van der Waals surface area (Å²) >= 11 is 0. The summed E-state index contributed by atoms with van der Waals surface area (Å²) in [6.07, 6.45) is 1.94. The molecule has 31 heavy (non-hydrogen) atoms. The van der Waals surface area contributed by atoms with E-state index in [1.165, 1.54) is 7.11 Å². The number of hydrogen-bond donors (Lipinski definition) is 2. The number of fused-ring (bicyclic) bond motifs is 1. The lowest BCUT2D eigenvalue weighted by molar-refractivity contribution is 0.0600. The van der Waals surface area contributed by atoms with E-state index in [1.54, 1.807) is 55.6 Å². The zero-order valence-electron chi connectivity index (χ0n) is 17.0. The van der Waals surface area contributed by atoms with E-state index in [9.17, 15) is 9.59 Å². The number of pyridine rings is 1. The molecule has 0 fully saturated rings. The quantitative estimate of drug-likeness (QED) is 0.327. The Kier molecular flexibility index (Phi) is 5.61. The fourth-order valence-corrected chi connectivity index (χ4v) is 3.00. The highest BCUT2D eigenvalue weighted by Crippen LogP contribution is 2.26. The monoisotopic (exact) mass is 416 g/mol. The molecule has 0 spiro atoms. The van der Waals surface area contributed by atoms with Gasteiger partial charge in [0, 0.05) is 30.4 Å². The van der Waals surface area contributed by atoms with Gasteiger partial charge in [-0.1, -0.05) is 6.92 Å². The van der Waals surface area contributed by atoms with Gasteiger partial charge >= 0.3 is 5.97 Å². The maximum atomic E-state index is 11.9. The van der Waals surface area contributed by atoms with E-state index in [1.807, 2.05) is 12.1 Å². The number of aromatic nitrogens is 3. The molecule has 2 heterocycles. The van der Waals surface area contributed by atoms with E-state index < -0.39 is 0 Å². The van der Waals surface area contributed by atoms with E-state index in [0.29, 0.717) is 35.1 Å². The van der Waals surface area contributed by atoms with Gasteiger partial charge in [-0.05, 0) is 42.5 Å². The molecule has 0 amide bonds. The number of nitrogens with zero attached hydrogens (tertiary/aromatic N) is 2. The van der Waals surface area contributed by atoms with E-state index in [2.05, 4.69) is 20.3 Å². The minimum Gasteiger partial charge on any atom is -0.465 e. The number of anilines is 2. The normalized spacial score (nSPS) is 10.6. The predicted molar refractivity (Wildman–Crippen MR) is 116 cm³/mol. The number of nitrogens with one attached hydrogen (secondary N) is 2. The molecular weight excluding hydrogens is 396 g/mol. The number of methoxy groups -OCH3 is 1. The molecule has 0 unspecified atom stereocenters. The summed E-state index contributed by atoms with van der Waals surface area (Å²) in [5.74, 6) is 1.27. The fourth-order valence-electron chi connectivity index (χ4n) is 3.00. The largest absolute Gasteiger partial charge is 0.465 e. The van der Waals surface area contributed by atoms with E-state index in [0.717, 1.165) is 16.7 Å². The summed E-state index contributed by atoms with van der Waals surface area (Å²) in [6.45, 7) is 1.79. The SMILES string of the molecule is CCC(=O)c1cc(Oc2ccc3nc(Nc4ccc(C(=O)OC)cc4)[nH]c3c2)ccn1. The fraction of sp³-hybridized carbons (Fsp3) is 0.130. The van der Waals surface area contributed by atoms with Crippen molar-refractivity contribution in [2.24, 2.45) is 0 Å². The average molecular weight is 416 g/mol. The summed E-state index contributed by atoms with van der Waals surface area (Å²) in [5, 5.41) is 3.17. The maximum Gasteiger partial charge on any atom is 0.337 e. The van der Waals surface area contributed by atoms with Gasteiger partial charge in [0.25, 0.3) is 0 Å². The number of H-pyrrole nitrogens is 1. The van der Waals surface area contributed by atoms with Crippen molar-refractivity contribution in [2.75, 3.05) is 12.4 Å². The van der Waals surface area contributed by atoms with Crippen LogP contribution < -0.4 is 10.1 Å². The van der Waals surface area contributed by atoms with Gasteiger partial charge in [0.15, 0.2) is 5.78 Å². The van der Waals surface area contributed by atoms with Crippen molar-refractivity contribution >= 4 is 34.4 Å². The second-order valence-corrected chi connectivity index (χ2v) is 6.71. The van der Waals surface area contributed by atoms with Crippen LogP contribution in [0.3, 0.4) is 0 Å². The molecule has 2 aromatic carbocycles. The number of ether oxygens (including phenoxy) is 2. The van der Waals surface area contributed by atoms with Crippen LogP contribution in [-0.4, -0.2) is 33.8 Å². The number of imidazole rings is 1. The molecular formula is C23H20N4O4. The van der Waals surface area contributed by atoms with E-state index in [4.69, 9.17) is 9.47 Å². The van der Waals surface area contributed by atoms with Crippen LogP contribution in [0.5, 0.6) is 11.5 Å². The third-order valence-corrected chi connectivity index (χ3v) is 4.60. The number of carbonyl (C=O) groups is 2. The Hall–Kier alpha value is -4.20. The van der Waals surface area contributed by atoms with Crippen molar-refractivity contribution < 1.29 is 19.1 Å². The number of benzene rings is 2. The molecule has 4 aromatic rings. The van der Waals surface area contributed by atoms with Crippen LogP contribution in [0.2, 0.25) is 0 Å². The van der Waals surface area contributed by atoms with Crippen molar-refractivity contribution in [1.82, 2.24) is 15.0 Å². The van der Waals surface area contributed by atoms with Gasteiger partial charge in [0.05, 0.1) is 23.7 Å². The highest BCUT2D eigenvalue weighted by Gasteiger charge is 2.09. The zero-order chi connectivity index (χ0) is 21.8. The smallest absolute Gasteiger partial charge is 0.337 e. The van der Waals surface area contributed by atoms with Crippen molar-refractivity contribution in [2.45, 2.75) is 13.3 Å². The van der Waals surface area contributed by atoms with Crippen LogP contribution in [0.4, 0.5) is 11.6 Å². The molecule has 0 saturated heterocycles. The van der Waals surface area contributed by atoms with E-state index >= 15 is 0 Å². The Balaban J connectivity index is 1.51. The molecule has 0 saturated carbocycles. The van der Waals surface area contributed by atoms with Gasteiger partial charge in [-0.15, -0.1) is 0 Å². The molecule has 0 bridgehead atoms. The van der Waals surface area contributed by atoms with Crippen LogP contribution in [0.1, 0.15) is 34.2 Å².